The molecule has 0 amide bonds. The molecule has 1 saturated carbocycles. The predicted octanol–water partition coefficient (Wildman–Crippen LogP) is 3.77. The zero-order valence-corrected chi connectivity index (χ0v) is 13.5. The third kappa shape index (κ3) is 4.07. The first kappa shape index (κ1) is 15.5. The van der Waals surface area contributed by atoms with E-state index in [0.29, 0.717) is 12.1 Å². The largest absolute Gasteiger partial charge is 0.309 e. The lowest BCUT2D eigenvalue weighted by molar-refractivity contribution is 0.210. The maximum absolute atomic E-state index is 3.73. The molecular weight excluding hydrogens is 244 g/mol. The van der Waals surface area contributed by atoms with Gasteiger partial charge in [0.2, 0.25) is 0 Å². The summed E-state index contributed by atoms with van der Waals surface area (Å²) in [6.45, 7) is 9.03. The van der Waals surface area contributed by atoms with E-state index in [0.717, 1.165) is 19.0 Å². The number of benzene rings is 1. The van der Waals surface area contributed by atoms with Gasteiger partial charge in [0.25, 0.3) is 0 Å². The van der Waals surface area contributed by atoms with Crippen LogP contribution in [0.3, 0.4) is 0 Å². The van der Waals surface area contributed by atoms with E-state index in [1.54, 1.807) is 0 Å². The van der Waals surface area contributed by atoms with Crippen LogP contribution in [0.2, 0.25) is 0 Å². The molecule has 1 aromatic rings. The molecule has 0 saturated heterocycles. The minimum absolute atomic E-state index is 0.447. The molecule has 2 rings (SSSR count). The summed E-state index contributed by atoms with van der Waals surface area (Å²) in [5.41, 5.74) is 2.85. The lowest BCUT2D eigenvalue weighted by Gasteiger charge is -2.30. The normalized spacial score (nSPS) is 18.2. The fourth-order valence-corrected chi connectivity index (χ4v) is 2.96. The molecule has 1 aromatic carbocycles. The van der Waals surface area contributed by atoms with Gasteiger partial charge in [0.15, 0.2) is 0 Å². The standard InChI is InChI=1S/C18H30N2/c1-5-12-19-18(17-9-7-6-8-14(17)2)13-20(4)15(3)16-10-11-16/h6-9,15-16,18-19H,5,10-13H2,1-4H3. The second-order valence-corrected chi connectivity index (χ2v) is 6.38. The summed E-state index contributed by atoms with van der Waals surface area (Å²) in [4.78, 5) is 2.54. The highest BCUT2D eigenvalue weighted by molar-refractivity contribution is 5.29. The van der Waals surface area contributed by atoms with Crippen molar-refractivity contribution in [2.45, 2.75) is 52.1 Å². The van der Waals surface area contributed by atoms with E-state index in [1.807, 2.05) is 0 Å². The molecule has 20 heavy (non-hydrogen) atoms. The van der Waals surface area contributed by atoms with E-state index in [-0.39, 0.29) is 0 Å². The van der Waals surface area contributed by atoms with Gasteiger partial charge in [0.05, 0.1) is 0 Å². The Labute approximate surface area is 124 Å². The van der Waals surface area contributed by atoms with Crippen molar-refractivity contribution < 1.29 is 0 Å². The average molecular weight is 274 g/mol. The second kappa shape index (κ2) is 7.24. The highest BCUT2D eigenvalue weighted by atomic mass is 15.2. The minimum Gasteiger partial charge on any atom is -0.309 e. The highest BCUT2D eigenvalue weighted by Gasteiger charge is 2.31. The average Bonchev–Trinajstić information content (AvgIpc) is 3.27. The first-order valence-corrected chi connectivity index (χ1v) is 8.12. The third-order valence-corrected chi connectivity index (χ3v) is 4.67. The van der Waals surface area contributed by atoms with Gasteiger partial charge in [-0.05, 0) is 63.7 Å². The molecule has 0 aliphatic heterocycles. The van der Waals surface area contributed by atoms with Crippen LogP contribution in [0.5, 0.6) is 0 Å². The summed E-state index contributed by atoms with van der Waals surface area (Å²) in [6, 6.07) is 9.95. The number of likely N-dealkylation sites (N-methyl/N-ethyl adjacent to an activating group) is 1. The molecule has 0 aromatic heterocycles. The van der Waals surface area contributed by atoms with Gasteiger partial charge in [0.1, 0.15) is 0 Å². The molecule has 112 valence electrons. The van der Waals surface area contributed by atoms with Crippen molar-refractivity contribution >= 4 is 0 Å². The molecule has 2 atom stereocenters. The summed E-state index contributed by atoms with van der Waals surface area (Å²) in [5, 5.41) is 3.73. The van der Waals surface area contributed by atoms with Crippen LogP contribution in [0.4, 0.5) is 0 Å². The first-order valence-electron chi connectivity index (χ1n) is 8.12. The Morgan fingerprint density at radius 1 is 1.30 bits per heavy atom. The van der Waals surface area contributed by atoms with Crippen LogP contribution < -0.4 is 5.32 Å². The van der Waals surface area contributed by atoms with Gasteiger partial charge in [-0.15, -0.1) is 0 Å². The van der Waals surface area contributed by atoms with E-state index in [9.17, 15) is 0 Å². The minimum atomic E-state index is 0.447. The van der Waals surface area contributed by atoms with E-state index in [4.69, 9.17) is 0 Å². The van der Waals surface area contributed by atoms with Crippen molar-refractivity contribution in [2.75, 3.05) is 20.1 Å². The fraction of sp³-hybridized carbons (Fsp3) is 0.667. The van der Waals surface area contributed by atoms with Gasteiger partial charge in [-0.25, -0.2) is 0 Å². The smallest absolute Gasteiger partial charge is 0.0451 e. The van der Waals surface area contributed by atoms with Crippen molar-refractivity contribution in [1.82, 2.24) is 10.2 Å². The molecule has 1 N–H and O–H groups in total. The Kier molecular flexibility index (Phi) is 5.62. The Balaban J connectivity index is 2.04. The van der Waals surface area contributed by atoms with E-state index < -0.39 is 0 Å². The van der Waals surface area contributed by atoms with Crippen molar-refractivity contribution in [3.05, 3.63) is 35.4 Å². The molecule has 0 heterocycles. The number of nitrogens with zero attached hydrogens (tertiary/aromatic N) is 1. The molecule has 2 unspecified atom stereocenters. The number of hydrogen-bond acceptors (Lipinski definition) is 2. The van der Waals surface area contributed by atoms with E-state index in [2.05, 4.69) is 62.3 Å². The molecule has 2 nitrogen and oxygen atoms in total. The Morgan fingerprint density at radius 3 is 2.60 bits per heavy atom. The van der Waals surface area contributed by atoms with Crippen LogP contribution in [0.15, 0.2) is 24.3 Å². The van der Waals surface area contributed by atoms with Crippen LogP contribution in [-0.2, 0) is 0 Å². The van der Waals surface area contributed by atoms with Gasteiger partial charge in [-0.3, -0.25) is 0 Å². The Hall–Kier alpha value is -0.860. The number of rotatable bonds is 8. The summed E-state index contributed by atoms with van der Waals surface area (Å²) in [7, 11) is 2.28. The van der Waals surface area contributed by atoms with Crippen LogP contribution in [0, 0.1) is 12.8 Å². The SMILES string of the molecule is CCCNC(CN(C)C(C)C1CC1)c1ccccc1C. The molecule has 2 heteroatoms. The lowest BCUT2D eigenvalue weighted by Crippen LogP contribution is -2.39. The summed E-state index contributed by atoms with van der Waals surface area (Å²) < 4.78 is 0. The predicted molar refractivity (Wildman–Crippen MR) is 87.0 cm³/mol. The summed E-state index contributed by atoms with van der Waals surface area (Å²) in [6.07, 6.45) is 4.02. The Bertz CT molecular complexity index is 412. The maximum Gasteiger partial charge on any atom is 0.0451 e. The van der Waals surface area contributed by atoms with Gasteiger partial charge in [-0.1, -0.05) is 31.2 Å². The van der Waals surface area contributed by atoms with Crippen LogP contribution >= 0.6 is 0 Å². The number of nitrogens with one attached hydrogen (secondary N) is 1. The number of aryl methyl sites for hydroxylation is 1. The van der Waals surface area contributed by atoms with Crippen molar-refractivity contribution in [3.63, 3.8) is 0 Å². The monoisotopic (exact) mass is 274 g/mol. The number of hydrogen-bond donors (Lipinski definition) is 1. The van der Waals surface area contributed by atoms with Gasteiger partial charge < -0.3 is 10.2 Å². The quantitative estimate of drug-likeness (QED) is 0.776. The maximum atomic E-state index is 3.73. The topological polar surface area (TPSA) is 15.3 Å². The van der Waals surface area contributed by atoms with Crippen LogP contribution in [0.25, 0.3) is 0 Å². The fourth-order valence-electron chi connectivity index (χ4n) is 2.96. The lowest BCUT2D eigenvalue weighted by atomic mass is 10.00. The van der Waals surface area contributed by atoms with Gasteiger partial charge >= 0.3 is 0 Å². The molecule has 0 spiro atoms. The molecule has 1 fully saturated rings. The van der Waals surface area contributed by atoms with E-state index in [1.165, 1.54) is 30.4 Å². The van der Waals surface area contributed by atoms with Gasteiger partial charge in [-0.2, -0.15) is 0 Å². The van der Waals surface area contributed by atoms with E-state index >= 15 is 0 Å². The Morgan fingerprint density at radius 2 is 2.00 bits per heavy atom. The first-order chi connectivity index (χ1) is 9.63. The summed E-state index contributed by atoms with van der Waals surface area (Å²) >= 11 is 0. The molecule has 0 radical (unpaired) electrons. The van der Waals surface area contributed by atoms with Crippen molar-refractivity contribution in [1.29, 1.82) is 0 Å². The van der Waals surface area contributed by atoms with Crippen LogP contribution in [0.1, 0.15) is 50.3 Å². The molecule has 1 aliphatic rings. The zero-order valence-electron chi connectivity index (χ0n) is 13.5. The molecular formula is C18H30N2. The summed E-state index contributed by atoms with van der Waals surface area (Å²) in [5.74, 6) is 0.934. The van der Waals surface area contributed by atoms with Crippen molar-refractivity contribution in [2.24, 2.45) is 5.92 Å². The zero-order chi connectivity index (χ0) is 14.5. The third-order valence-electron chi connectivity index (χ3n) is 4.67. The second-order valence-electron chi connectivity index (χ2n) is 6.38. The molecule has 0 bridgehead atoms. The highest BCUT2D eigenvalue weighted by Crippen LogP contribution is 2.35. The molecule has 1 aliphatic carbocycles. The van der Waals surface area contributed by atoms with Crippen LogP contribution in [-0.4, -0.2) is 31.1 Å². The van der Waals surface area contributed by atoms with Crippen molar-refractivity contribution in [3.8, 4) is 0 Å². The van der Waals surface area contributed by atoms with Gasteiger partial charge in [0, 0.05) is 18.6 Å².